The number of aryl methyl sites for hydroxylation is 1. The van der Waals surface area contributed by atoms with Crippen molar-refractivity contribution in [3.05, 3.63) is 35.9 Å². The number of allylic oxidation sites excluding steroid dienone is 2. The fraction of sp³-hybridized carbons (Fsp3) is 0.526. The van der Waals surface area contributed by atoms with Crippen LogP contribution in [-0.2, 0) is 11.2 Å². The van der Waals surface area contributed by atoms with E-state index in [0.29, 0.717) is 18.3 Å². The Morgan fingerprint density at radius 1 is 1.09 bits per heavy atom. The molecule has 4 heteroatoms. The maximum Gasteiger partial charge on any atom is 0.222 e. The van der Waals surface area contributed by atoms with Gasteiger partial charge in [0.2, 0.25) is 5.91 Å². The summed E-state index contributed by atoms with van der Waals surface area (Å²) in [6.07, 6.45) is 8.08. The van der Waals surface area contributed by atoms with Gasteiger partial charge in [-0.05, 0) is 48.8 Å². The SMILES string of the molecule is COc1ccc(CCC(=O)N2CC3CC=CCC3C2)cc1OC. The Morgan fingerprint density at radius 3 is 2.35 bits per heavy atom. The van der Waals surface area contributed by atoms with Gasteiger partial charge in [0.05, 0.1) is 14.2 Å². The smallest absolute Gasteiger partial charge is 0.222 e. The first kappa shape index (κ1) is 15.9. The number of nitrogens with zero attached hydrogens (tertiary/aromatic N) is 1. The molecule has 4 nitrogen and oxygen atoms in total. The second kappa shape index (κ2) is 7.07. The largest absolute Gasteiger partial charge is 0.493 e. The first-order valence-corrected chi connectivity index (χ1v) is 8.35. The van der Waals surface area contributed by atoms with Crippen LogP contribution in [0.1, 0.15) is 24.8 Å². The van der Waals surface area contributed by atoms with Crippen molar-refractivity contribution < 1.29 is 14.3 Å². The molecule has 0 bridgehead atoms. The number of rotatable bonds is 5. The zero-order valence-electron chi connectivity index (χ0n) is 14.0. The van der Waals surface area contributed by atoms with Crippen LogP contribution >= 0.6 is 0 Å². The molecule has 0 spiro atoms. The second-order valence-corrected chi connectivity index (χ2v) is 6.45. The molecule has 0 saturated carbocycles. The van der Waals surface area contributed by atoms with E-state index in [4.69, 9.17) is 9.47 Å². The number of likely N-dealkylation sites (tertiary alicyclic amines) is 1. The van der Waals surface area contributed by atoms with Crippen LogP contribution < -0.4 is 9.47 Å². The fourth-order valence-corrected chi connectivity index (χ4v) is 3.66. The van der Waals surface area contributed by atoms with Crippen molar-refractivity contribution in [2.45, 2.75) is 25.7 Å². The first-order valence-electron chi connectivity index (χ1n) is 8.35. The summed E-state index contributed by atoms with van der Waals surface area (Å²) in [7, 11) is 3.26. The van der Waals surface area contributed by atoms with E-state index in [2.05, 4.69) is 17.1 Å². The van der Waals surface area contributed by atoms with Crippen LogP contribution in [0.2, 0.25) is 0 Å². The monoisotopic (exact) mass is 315 g/mol. The molecule has 0 aromatic heterocycles. The number of fused-ring (bicyclic) bond motifs is 1. The van der Waals surface area contributed by atoms with Crippen LogP contribution in [0.5, 0.6) is 11.5 Å². The van der Waals surface area contributed by atoms with Crippen molar-refractivity contribution in [2.24, 2.45) is 11.8 Å². The van der Waals surface area contributed by atoms with Gasteiger partial charge in [-0.25, -0.2) is 0 Å². The number of amides is 1. The lowest BCUT2D eigenvalue weighted by Gasteiger charge is -2.17. The highest BCUT2D eigenvalue weighted by atomic mass is 16.5. The van der Waals surface area contributed by atoms with Crippen molar-refractivity contribution in [1.29, 1.82) is 0 Å². The number of methoxy groups -OCH3 is 2. The van der Waals surface area contributed by atoms with Crippen molar-refractivity contribution >= 4 is 5.91 Å². The Hall–Kier alpha value is -1.97. The van der Waals surface area contributed by atoms with E-state index in [-0.39, 0.29) is 5.91 Å². The third-order valence-corrected chi connectivity index (χ3v) is 5.05. The summed E-state index contributed by atoms with van der Waals surface area (Å²) in [5, 5.41) is 0. The minimum absolute atomic E-state index is 0.272. The fourth-order valence-electron chi connectivity index (χ4n) is 3.66. The summed E-state index contributed by atoms with van der Waals surface area (Å²) in [5.41, 5.74) is 1.11. The van der Waals surface area contributed by atoms with E-state index >= 15 is 0 Å². The van der Waals surface area contributed by atoms with E-state index in [1.807, 2.05) is 18.2 Å². The summed E-state index contributed by atoms with van der Waals surface area (Å²) in [4.78, 5) is 14.5. The Balaban J connectivity index is 1.55. The van der Waals surface area contributed by atoms with Gasteiger partial charge in [0.15, 0.2) is 11.5 Å². The van der Waals surface area contributed by atoms with Gasteiger partial charge in [-0.1, -0.05) is 18.2 Å². The molecule has 1 heterocycles. The van der Waals surface area contributed by atoms with Gasteiger partial charge in [-0.3, -0.25) is 4.79 Å². The predicted octanol–water partition coefficient (Wildman–Crippen LogP) is 3.06. The Labute approximate surface area is 138 Å². The number of carbonyl (C=O) groups excluding carboxylic acids is 1. The van der Waals surface area contributed by atoms with Gasteiger partial charge in [0.1, 0.15) is 0 Å². The molecule has 1 aliphatic heterocycles. The maximum atomic E-state index is 12.5. The highest BCUT2D eigenvalue weighted by Gasteiger charge is 2.34. The van der Waals surface area contributed by atoms with Crippen molar-refractivity contribution in [3.8, 4) is 11.5 Å². The lowest BCUT2D eigenvalue weighted by atomic mass is 9.86. The lowest BCUT2D eigenvalue weighted by molar-refractivity contribution is -0.130. The molecule has 0 N–H and O–H groups in total. The second-order valence-electron chi connectivity index (χ2n) is 6.45. The molecule has 1 amide bonds. The molecule has 0 radical (unpaired) electrons. The third-order valence-electron chi connectivity index (χ3n) is 5.05. The molecule has 124 valence electrons. The summed E-state index contributed by atoms with van der Waals surface area (Å²) in [5.74, 6) is 3.05. The molecule has 1 aromatic rings. The summed E-state index contributed by atoms with van der Waals surface area (Å²) < 4.78 is 10.6. The first-order chi connectivity index (χ1) is 11.2. The molecule has 1 saturated heterocycles. The van der Waals surface area contributed by atoms with Gasteiger partial charge in [0, 0.05) is 19.5 Å². The number of carbonyl (C=O) groups is 1. The van der Waals surface area contributed by atoms with Gasteiger partial charge >= 0.3 is 0 Å². The van der Waals surface area contributed by atoms with E-state index in [9.17, 15) is 4.79 Å². The average Bonchev–Trinajstić information content (AvgIpc) is 3.03. The Kier molecular flexibility index (Phi) is 4.89. The van der Waals surface area contributed by atoms with Gasteiger partial charge in [-0.2, -0.15) is 0 Å². The number of ether oxygens (including phenoxy) is 2. The predicted molar refractivity (Wildman–Crippen MR) is 89.8 cm³/mol. The summed E-state index contributed by atoms with van der Waals surface area (Å²) in [6, 6.07) is 5.86. The van der Waals surface area contributed by atoms with Crippen molar-refractivity contribution in [3.63, 3.8) is 0 Å². The molecule has 1 fully saturated rings. The molecule has 1 aliphatic carbocycles. The van der Waals surface area contributed by atoms with Gasteiger partial charge in [-0.15, -0.1) is 0 Å². The minimum Gasteiger partial charge on any atom is -0.493 e. The Morgan fingerprint density at radius 2 is 1.74 bits per heavy atom. The number of hydrogen-bond donors (Lipinski definition) is 0. The summed E-state index contributed by atoms with van der Waals surface area (Å²) in [6.45, 7) is 1.86. The lowest BCUT2D eigenvalue weighted by Crippen LogP contribution is -2.29. The molecule has 2 unspecified atom stereocenters. The molecule has 2 aliphatic rings. The molecular weight excluding hydrogens is 290 g/mol. The minimum atomic E-state index is 0.272. The maximum absolute atomic E-state index is 12.5. The van der Waals surface area contributed by atoms with Crippen LogP contribution in [0.25, 0.3) is 0 Å². The highest BCUT2D eigenvalue weighted by molar-refractivity contribution is 5.76. The zero-order chi connectivity index (χ0) is 16.2. The van der Waals surface area contributed by atoms with E-state index in [1.54, 1.807) is 14.2 Å². The quantitative estimate of drug-likeness (QED) is 0.784. The zero-order valence-corrected chi connectivity index (χ0v) is 14.0. The van der Waals surface area contributed by atoms with Crippen LogP contribution in [0.3, 0.4) is 0 Å². The van der Waals surface area contributed by atoms with Crippen LogP contribution in [0.15, 0.2) is 30.4 Å². The number of hydrogen-bond acceptors (Lipinski definition) is 3. The summed E-state index contributed by atoms with van der Waals surface area (Å²) >= 11 is 0. The molecule has 3 rings (SSSR count). The van der Waals surface area contributed by atoms with Crippen LogP contribution in [0.4, 0.5) is 0 Å². The molecule has 23 heavy (non-hydrogen) atoms. The van der Waals surface area contributed by atoms with Gasteiger partial charge < -0.3 is 14.4 Å². The van der Waals surface area contributed by atoms with E-state index < -0.39 is 0 Å². The molecule has 2 atom stereocenters. The van der Waals surface area contributed by atoms with Crippen LogP contribution in [-0.4, -0.2) is 38.1 Å². The van der Waals surface area contributed by atoms with E-state index in [0.717, 1.165) is 49.4 Å². The van der Waals surface area contributed by atoms with Crippen molar-refractivity contribution in [2.75, 3.05) is 27.3 Å². The normalized spacial score (nSPS) is 22.8. The van der Waals surface area contributed by atoms with Gasteiger partial charge in [0.25, 0.3) is 0 Å². The highest BCUT2D eigenvalue weighted by Crippen LogP contribution is 2.33. The average molecular weight is 315 g/mol. The topological polar surface area (TPSA) is 38.8 Å². The van der Waals surface area contributed by atoms with E-state index in [1.165, 1.54) is 0 Å². The molecule has 1 aromatic carbocycles. The third kappa shape index (κ3) is 3.52. The Bertz CT molecular complexity index is 580. The standard InChI is InChI=1S/C19H25NO3/c1-22-17-9-7-14(11-18(17)23-2)8-10-19(21)20-12-15-5-3-4-6-16(15)13-20/h3-4,7,9,11,15-16H,5-6,8,10,12-13H2,1-2H3. The van der Waals surface area contributed by atoms with Crippen LogP contribution in [0, 0.1) is 11.8 Å². The van der Waals surface area contributed by atoms with Crippen molar-refractivity contribution in [1.82, 2.24) is 4.90 Å². The molecular formula is C19H25NO3. The number of benzene rings is 1.